The number of hydrogen-bond acceptors (Lipinski definition) is 3. The number of aromatic nitrogens is 2. The first-order chi connectivity index (χ1) is 14.1. The maximum absolute atomic E-state index is 11.4. The summed E-state index contributed by atoms with van der Waals surface area (Å²) in [6.45, 7) is 8.27. The Bertz CT molecular complexity index is 962. The van der Waals surface area contributed by atoms with E-state index in [1.807, 2.05) is 19.1 Å². The fourth-order valence-electron chi connectivity index (χ4n) is 3.53. The summed E-state index contributed by atoms with van der Waals surface area (Å²) in [6, 6.07) is 14.5. The SMILES string of the molecule is CCC(=O)NCCCc1nc2ccccc2n1CCCOc1ccc(C)cc1C. The Kier molecular flexibility index (Phi) is 7.28. The van der Waals surface area contributed by atoms with Gasteiger partial charge in [-0.2, -0.15) is 0 Å². The fourth-order valence-corrected chi connectivity index (χ4v) is 3.53. The van der Waals surface area contributed by atoms with Crippen LogP contribution in [0.15, 0.2) is 42.5 Å². The minimum atomic E-state index is 0.0991. The predicted octanol–water partition coefficient (Wildman–Crippen LogP) is 4.58. The van der Waals surface area contributed by atoms with Crippen LogP contribution in [0.5, 0.6) is 5.75 Å². The molecule has 0 radical (unpaired) electrons. The predicted molar refractivity (Wildman–Crippen MR) is 117 cm³/mol. The van der Waals surface area contributed by atoms with Crippen molar-refractivity contribution in [3.05, 3.63) is 59.4 Å². The van der Waals surface area contributed by atoms with Crippen molar-refractivity contribution in [2.45, 2.75) is 53.0 Å². The molecule has 1 N–H and O–H groups in total. The summed E-state index contributed by atoms with van der Waals surface area (Å²) in [5.74, 6) is 2.13. The van der Waals surface area contributed by atoms with Gasteiger partial charge in [0.05, 0.1) is 17.6 Å². The van der Waals surface area contributed by atoms with E-state index in [4.69, 9.17) is 9.72 Å². The van der Waals surface area contributed by atoms with Crippen molar-refractivity contribution < 1.29 is 9.53 Å². The number of aryl methyl sites for hydroxylation is 4. The van der Waals surface area contributed by atoms with Gasteiger partial charge in [0.25, 0.3) is 0 Å². The van der Waals surface area contributed by atoms with Crippen molar-refractivity contribution in [1.29, 1.82) is 0 Å². The van der Waals surface area contributed by atoms with Crippen LogP contribution in [-0.2, 0) is 17.8 Å². The highest BCUT2D eigenvalue weighted by Crippen LogP contribution is 2.20. The molecule has 0 unspecified atom stereocenters. The van der Waals surface area contributed by atoms with E-state index in [0.29, 0.717) is 19.6 Å². The minimum absolute atomic E-state index is 0.0991. The molecule has 1 amide bonds. The van der Waals surface area contributed by atoms with E-state index < -0.39 is 0 Å². The average Bonchev–Trinajstić information content (AvgIpc) is 3.07. The zero-order valence-electron chi connectivity index (χ0n) is 17.7. The van der Waals surface area contributed by atoms with E-state index in [9.17, 15) is 4.79 Å². The van der Waals surface area contributed by atoms with Crippen LogP contribution in [0.4, 0.5) is 0 Å². The smallest absolute Gasteiger partial charge is 0.219 e. The summed E-state index contributed by atoms with van der Waals surface area (Å²) in [5, 5.41) is 2.94. The molecule has 0 aliphatic heterocycles. The van der Waals surface area contributed by atoms with Gasteiger partial charge in [0.15, 0.2) is 0 Å². The van der Waals surface area contributed by atoms with Gasteiger partial charge in [0, 0.05) is 25.9 Å². The maximum atomic E-state index is 11.4. The molecule has 0 saturated carbocycles. The molecule has 1 aromatic heterocycles. The number of nitrogens with one attached hydrogen (secondary N) is 1. The number of para-hydroxylation sites is 2. The monoisotopic (exact) mass is 393 g/mol. The Labute approximate surface area is 173 Å². The zero-order valence-corrected chi connectivity index (χ0v) is 17.7. The van der Waals surface area contributed by atoms with Gasteiger partial charge in [-0.25, -0.2) is 4.98 Å². The lowest BCUT2D eigenvalue weighted by Crippen LogP contribution is -2.23. The molecule has 0 bridgehead atoms. The Morgan fingerprint density at radius 1 is 1.14 bits per heavy atom. The normalized spacial score (nSPS) is 11.0. The van der Waals surface area contributed by atoms with Crippen molar-refractivity contribution in [2.24, 2.45) is 0 Å². The number of ether oxygens (including phenoxy) is 1. The number of carbonyl (C=O) groups is 1. The third-order valence-electron chi connectivity index (χ3n) is 5.07. The first kappa shape index (κ1) is 20.9. The molecule has 0 fully saturated rings. The van der Waals surface area contributed by atoms with Crippen LogP contribution in [-0.4, -0.2) is 28.6 Å². The van der Waals surface area contributed by atoms with E-state index >= 15 is 0 Å². The highest BCUT2D eigenvalue weighted by molar-refractivity contribution is 5.76. The van der Waals surface area contributed by atoms with Gasteiger partial charge >= 0.3 is 0 Å². The summed E-state index contributed by atoms with van der Waals surface area (Å²) in [7, 11) is 0. The van der Waals surface area contributed by atoms with Crippen molar-refractivity contribution in [3.63, 3.8) is 0 Å². The molecular weight excluding hydrogens is 362 g/mol. The fraction of sp³-hybridized carbons (Fsp3) is 0.417. The van der Waals surface area contributed by atoms with Crippen molar-refractivity contribution in [1.82, 2.24) is 14.9 Å². The number of hydrogen-bond donors (Lipinski definition) is 1. The largest absolute Gasteiger partial charge is 0.493 e. The van der Waals surface area contributed by atoms with Crippen LogP contribution in [0.3, 0.4) is 0 Å². The molecule has 0 saturated heterocycles. The Morgan fingerprint density at radius 3 is 2.76 bits per heavy atom. The molecule has 5 heteroatoms. The van der Waals surface area contributed by atoms with Crippen molar-refractivity contribution in [3.8, 4) is 5.75 Å². The summed E-state index contributed by atoms with van der Waals surface area (Å²) in [4.78, 5) is 16.2. The number of fused-ring (bicyclic) bond motifs is 1. The molecule has 2 aromatic carbocycles. The summed E-state index contributed by atoms with van der Waals surface area (Å²) < 4.78 is 8.29. The number of benzene rings is 2. The maximum Gasteiger partial charge on any atom is 0.219 e. The number of carbonyl (C=O) groups excluding carboxylic acids is 1. The molecule has 29 heavy (non-hydrogen) atoms. The van der Waals surface area contributed by atoms with Gasteiger partial charge < -0.3 is 14.6 Å². The molecule has 154 valence electrons. The van der Waals surface area contributed by atoms with Gasteiger partial charge in [-0.1, -0.05) is 36.8 Å². The number of amides is 1. The zero-order chi connectivity index (χ0) is 20.6. The van der Waals surface area contributed by atoms with Crippen LogP contribution in [0.1, 0.15) is 43.1 Å². The van der Waals surface area contributed by atoms with Crippen LogP contribution < -0.4 is 10.1 Å². The van der Waals surface area contributed by atoms with Crippen LogP contribution >= 0.6 is 0 Å². The molecule has 3 rings (SSSR count). The second kappa shape index (κ2) is 10.1. The molecule has 0 aliphatic carbocycles. The van der Waals surface area contributed by atoms with Gasteiger partial charge in [-0.15, -0.1) is 0 Å². The number of rotatable bonds is 10. The Morgan fingerprint density at radius 2 is 1.97 bits per heavy atom. The highest BCUT2D eigenvalue weighted by atomic mass is 16.5. The summed E-state index contributed by atoms with van der Waals surface area (Å²) >= 11 is 0. The Balaban J connectivity index is 1.60. The number of imidazole rings is 1. The molecule has 0 spiro atoms. The number of nitrogens with zero attached hydrogens (tertiary/aromatic N) is 2. The standard InChI is InChI=1S/C24H31N3O2/c1-4-24(28)25-14-7-11-23-26-20-9-5-6-10-21(20)27(23)15-8-16-29-22-13-12-18(2)17-19(22)3/h5-6,9-10,12-13,17H,4,7-8,11,14-16H2,1-3H3,(H,25,28). The van der Waals surface area contributed by atoms with Crippen molar-refractivity contribution in [2.75, 3.05) is 13.2 Å². The van der Waals surface area contributed by atoms with Gasteiger partial charge in [-0.3, -0.25) is 4.79 Å². The third kappa shape index (κ3) is 5.59. The van der Waals surface area contributed by atoms with E-state index in [1.165, 1.54) is 11.1 Å². The van der Waals surface area contributed by atoms with Gasteiger partial charge in [0.1, 0.15) is 11.6 Å². The molecule has 3 aromatic rings. The second-order valence-electron chi connectivity index (χ2n) is 7.45. The lowest BCUT2D eigenvalue weighted by molar-refractivity contribution is -0.120. The van der Waals surface area contributed by atoms with Crippen LogP contribution in [0.2, 0.25) is 0 Å². The molecule has 0 aliphatic rings. The molecular formula is C24H31N3O2. The van der Waals surface area contributed by atoms with Crippen molar-refractivity contribution >= 4 is 16.9 Å². The minimum Gasteiger partial charge on any atom is -0.493 e. The molecule has 1 heterocycles. The Hall–Kier alpha value is -2.82. The van der Waals surface area contributed by atoms with E-state index in [2.05, 4.69) is 54.1 Å². The quantitative estimate of drug-likeness (QED) is 0.513. The molecule has 0 atom stereocenters. The summed E-state index contributed by atoms with van der Waals surface area (Å²) in [6.07, 6.45) is 3.16. The van der Waals surface area contributed by atoms with Crippen LogP contribution in [0.25, 0.3) is 11.0 Å². The van der Waals surface area contributed by atoms with Gasteiger partial charge in [0.2, 0.25) is 5.91 Å². The first-order valence-electron chi connectivity index (χ1n) is 10.5. The van der Waals surface area contributed by atoms with E-state index in [-0.39, 0.29) is 5.91 Å². The summed E-state index contributed by atoms with van der Waals surface area (Å²) in [5.41, 5.74) is 4.61. The lowest BCUT2D eigenvalue weighted by atomic mass is 10.1. The first-order valence-corrected chi connectivity index (χ1v) is 10.5. The lowest BCUT2D eigenvalue weighted by Gasteiger charge is -2.12. The highest BCUT2D eigenvalue weighted by Gasteiger charge is 2.10. The van der Waals surface area contributed by atoms with E-state index in [1.54, 1.807) is 0 Å². The molecule has 5 nitrogen and oxygen atoms in total. The topological polar surface area (TPSA) is 56.2 Å². The third-order valence-corrected chi connectivity index (χ3v) is 5.07. The van der Waals surface area contributed by atoms with Crippen LogP contribution in [0, 0.1) is 13.8 Å². The average molecular weight is 394 g/mol. The second-order valence-corrected chi connectivity index (χ2v) is 7.45. The van der Waals surface area contributed by atoms with E-state index in [0.717, 1.165) is 48.4 Å². The van der Waals surface area contributed by atoms with Gasteiger partial charge in [-0.05, 0) is 50.5 Å².